The molecule has 9 heteroatoms. The maximum Gasteiger partial charge on any atom is 0.314 e. The van der Waals surface area contributed by atoms with Gasteiger partial charge in [-0.3, -0.25) is 4.79 Å². The molecular formula is C23H39N3O6-2. The van der Waals surface area contributed by atoms with Crippen molar-refractivity contribution in [3.63, 3.8) is 0 Å². The van der Waals surface area contributed by atoms with Gasteiger partial charge in [0, 0.05) is 31.9 Å². The Labute approximate surface area is 191 Å². The Bertz CT molecular complexity index is 580. The topological polar surface area (TPSA) is 150 Å². The number of nitrogens with one attached hydrogen (secondary N) is 3. The fourth-order valence-electron chi connectivity index (χ4n) is 2.99. The number of carbonyl (C=O) groups excluding carboxylic acids is 4. The van der Waals surface area contributed by atoms with Crippen LogP contribution in [0.25, 0.3) is 0 Å². The van der Waals surface area contributed by atoms with E-state index in [-0.39, 0.29) is 12.5 Å². The number of allylic oxidation sites excluding steroid dienone is 2. The zero-order valence-electron chi connectivity index (χ0n) is 19.3. The number of aliphatic carboxylic acids is 2. The fraction of sp³-hybridized carbons (Fsp3) is 0.739. The average molecular weight is 454 g/mol. The molecule has 32 heavy (non-hydrogen) atoms. The first-order chi connectivity index (χ1) is 15.4. The Morgan fingerprint density at radius 3 is 1.91 bits per heavy atom. The molecule has 0 aliphatic carbocycles. The van der Waals surface area contributed by atoms with Gasteiger partial charge in [-0.05, 0) is 44.9 Å². The van der Waals surface area contributed by atoms with Gasteiger partial charge >= 0.3 is 6.03 Å². The minimum Gasteiger partial charge on any atom is -0.550 e. The molecule has 1 atom stereocenters. The molecule has 0 heterocycles. The van der Waals surface area contributed by atoms with Crippen molar-refractivity contribution in [2.45, 2.75) is 96.4 Å². The Morgan fingerprint density at radius 2 is 1.34 bits per heavy atom. The summed E-state index contributed by atoms with van der Waals surface area (Å²) in [6, 6.07) is -1.65. The van der Waals surface area contributed by atoms with E-state index >= 15 is 0 Å². The van der Waals surface area contributed by atoms with Gasteiger partial charge in [0.05, 0.1) is 12.0 Å². The molecule has 0 unspecified atom stereocenters. The predicted octanol–water partition coefficient (Wildman–Crippen LogP) is 0.918. The SMILES string of the molecule is CCCCCNC(=O)NCCCC/C=C/CCCCCCC(=O)N[C@@H](CC(=O)[O-])C(=O)[O-]. The summed E-state index contributed by atoms with van der Waals surface area (Å²) < 4.78 is 0. The van der Waals surface area contributed by atoms with Crippen LogP contribution in [0.3, 0.4) is 0 Å². The van der Waals surface area contributed by atoms with Crippen LogP contribution < -0.4 is 26.2 Å². The van der Waals surface area contributed by atoms with E-state index in [1.807, 2.05) is 0 Å². The number of carbonyl (C=O) groups is 4. The zero-order valence-corrected chi connectivity index (χ0v) is 19.3. The summed E-state index contributed by atoms with van der Waals surface area (Å²) in [6.45, 7) is 3.53. The fourth-order valence-corrected chi connectivity index (χ4v) is 2.99. The van der Waals surface area contributed by atoms with Gasteiger partial charge in [-0.2, -0.15) is 0 Å². The lowest BCUT2D eigenvalue weighted by molar-refractivity contribution is -0.317. The van der Waals surface area contributed by atoms with Gasteiger partial charge in [-0.15, -0.1) is 0 Å². The maximum atomic E-state index is 11.7. The number of carboxylic acids is 2. The van der Waals surface area contributed by atoms with Gasteiger partial charge < -0.3 is 35.8 Å². The molecule has 0 radical (unpaired) electrons. The van der Waals surface area contributed by atoms with Crippen LogP contribution in [0.2, 0.25) is 0 Å². The van der Waals surface area contributed by atoms with Crippen LogP contribution in [0, 0.1) is 0 Å². The third kappa shape index (κ3) is 19.4. The van der Waals surface area contributed by atoms with Crippen LogP contribution in [-0.2, 0) is 14.4 Å². The minimum atomic E-state index is -1.63. The van der Waals surface area contributed by atoms with E-state index < -0.39 is 30.3 Å². The van der Waals surface area contributed by atoms with Crippen molar-refractivity contribution in [1.29, 1.82) is 0 Å². The molecule has 0 aromatic heterocycles. The summed E-state index contributed by atoms with van der Waals surface area (Å²) in [5.74, 6) is -3.68. The predicted molar refractivity (Wildman–Crippen MR) is 118 cm³/mol. The molecule has 0 aliphatic heterocycles. The summed E-state index contributed by atoms with van der Waals surface area (Å²) in [7, 11) is 0. The Morgan fingerprint density at radius 1 is 0.781 bits per heavy atom. The normalized spacial score (nSPS) is 11.8. The Balaban J connectivity index is 3.54. The first-order valence-electron chi connectivity index (χ1n) is 11.7. The third-order valence-corrected chi connectivity index (χ3v) is 4.83. The van der Waals surface area contributed by atoms with Crippen LogP contribution in [0.4, 0.5) is 4.79 Å². The van der Waals surface area contributed by atoms with Gasteiger partial charge in [0.2, 0.25) is 5.91 Å². The Hall–Kier alpha value is -2.58. The van der Waals surface area contributed by atoms with Crippen LogP contribution in [-0.4, -0.2) is 43.0 Å². The number of hydrogen-bond donors (Lipinski definition) is 3. The van der Waals surface area contributed by atoms with Crippen LogP contribution in [0.5, 0.6) is 0 Å². The summed E-state index contributed by atoms with van der Waals surface area (Å²) >= 11 is 0. The molecule has 0 aromatic carbocycles. The number of hydrogen-bond acceptors (Lipinski definition) is 6. The molecule has 0 spiro atoms. The summed E-state index contributed by atoms with van der Waals surface area (Å²) in [5.41, 5.74) is 0. The standard InChI is InChI=1S/C23H41N3O6/c1-2-3-13-16-24-23(32)25-17-14-11-9-7-5-4-6-8-10-12-15-20(27)26-19(22(30)31)18-21(28)29/h5,7,19H,2-4,6,8-18H2,1H3,(H,26,27)(H,28,29)(H,30,31)(H2,24,25,32)/p-2/b7-5+/t19-/m0/s1. The number of rotatable bonds is 20. The van der Waals surface area contributed by atoms with Gasteiger partial charge in [0.1, 0.15) is 0 Å². The number of amides is 3. The van der Waals surface area contributed by atoms with Crippen LogP contribution >= 0.6 is 0 Å². The minimum absolute atomic E-state index is 0.0922. The lowest BCUT2D eigenvalue weighted by atomic mass is 10.1. The summed E-state index contributed by atoms with van der Waals surface area (Å²) in [4.78, 5) is 44.5. The van der Waals surface area contributed by atoms with E-state index in [2.05, 4.69) is 35.0 Å². The average Bonchev–Trinajstić information content (AvgIpc) is 2.73. The highest BCUT2D eigenvalue weighted by molar-refractivity contribution is 5.85. The van der Waals surface area contributed by atoms with Crippen molar-refractivity contribution >= 4 is 23.9 Å². The molecule has 3 amide bonds. The lowest BCUT2D eigenvalue weighted by Crippen LogP contribution is -2.50. The largest absolute Gasteiger partial charge is 0.550 e. The molecule has 184 valence electrons. The van der Waals surface area contributed by atoms with Crippen molar-refractivity contribution in [3.05, 3.63) is 12.2 Å². The van der Waals surface area contributed by atoms with Gasteiger partial charge in [-0.25, -0.2) is 4.79 Å². The second kappa shape index (κ2) is 20.3. The van der Waals surface area contributed by atoms with Crippen molar-refractivity contribution in [2.24, 2.45) is 0 Å². The van der Waals surface area contributed by atoms with E-state index in [0.717, 1.165) is 70.8 Å². The molecule has 0 saturated heterocycles. The second-order valence-electron chi connectivity index (χ2n) is 7.83. The molecule has 0 rings (SSSR count). The number of carboxylic acid groups (broad SMARTS) is 2. The van der Waals surface area contributed by atoms with Gasteiger partial charge in [0.15, 0.2) is 0 Å². The third-order valence-electron chi connectivity index (χ3n) is 4.83. The summed E-state index contributed by atoms with van der Waals surface area (Å²) in [6.07, 6.45) is 14.2. The highest BCUT2D eigenvalue weighted by atomic mass is 16.4. The lowest BCUT2D eigenvalue weighted by Gasteiger charge is -2.20. The Kier molecular flexibility index (Phi) is 18.7. The van der Waals surface area contributed by atoms with Gasteiger partial charge in [0.25, 0.3) is 0 Å². The molecule has 0 bridgehead atoms. The number of unbranched alkanes of at least 4 members (excludes halogenated alkanes) is 8. The molecule has 3 N–H and O–H groups in total. The molecule has 0 saturated carbocycles. The van der Waals surface area contributed by atoms with E-state index in [1.165, 1.54) is 0 Å². The van der Waals surface area contributed by atoms with E-state index in [1.54, 1.807) is 0 Å². The van der Waals surface area contributed by atoms with Crippen LogP contribution in [0.15, 0.2) is 12.2 Å². The number of urea groups is 1. The van der Waals surface area contributed by atoms with Crippen molar-refractivity contribution < 1.29 is 29.4 Å². The first kappa shape index (κ1) is 29.4. The van der Waals surface area contributed by atoms with Crippen molar-refractivity contribution in [1.82, 2.24) is 16.0 Å². The maximum absolute atomic E-state index is 11.7. The van der Waals surface area contributed by atoms with Crippen molar-refractivity contribution in [2.75, 3.05) is 13.1 Å². The molecular weight excluding hydrogens is 414 g/mol. The van der Waals surface area contributed by atoms with Crippen LogP contribution in [0.1, 0.15) is 90.4 Å². The quantitative estimate of drug-likeness (QED) is 0.184. The first-order valence-corrected chi connectivity index (χ1v) is 11.7. The van der Waals surface area contributed by atoms with E-state index in [9.17, 15) is 29.4 Å². The van der Waals surface area contributed by atoms with Crippen molar-refractivity contribution in [3.8, 4) is 0 Å². The molecule has 0 aliphatic rings. The molecule has 9 nitrogen and oxygen atoms in total. The summed E-state index contributed by atoms with van der Waals surface area (Å²) in [5, 5.41) is 29.1. The zero-order chi connectivity index (χ0) is 24.0. The highest BCUT2D eigenvalue weighted by Gasteiger charge is 2.13. The molecule has 0 fully saturated rings. The van der Waals surface area contributed by atoms with Gasteiger partial charge in [-0.1, -0.05) is 44.8 Å². The molecule has 0 aromatic rings. The van der Waals surface area contributed by atoms with E-state index in [0.29, 0.717) is 13.0 Å². The second-order valence-corrected chi connectivity index (χ2v) is 7.83. The van der Waals surface area contributed by atoms with E-state index in [4.69, 9.17) is 0 Å². The monoisotopic (exact) mass is 453 g/mol. The smallest absolute Gasteiger partial charge is 0.314 e. The highest BCUT2D eigenvalue weighted by Crippen LogP contribution is 2.07.